The Hall–Kier alpha value is -3.39. The molecule has 0 bridgehead atoms. The van der Waals surface area contributed by atoms with Gasteiger partial charge in [0.1, 0.15) is 6.42 Å². The van der Waals surface area contributed by atoms with E-state index >= 15 is 0 Å². The molecule has 0 fully saturated rings. The third-order valence-electron chi connectivity index (χ3n) is 3.52. The fraction of sp³-hybridized carbons (Fsp3) is 0.150. The summed E-state index contributed by atoms with van der Waals surface area (Å²) in [5, 5.41) is 13.9. The maximum atomic E-state index is 11.9. The zero-order valence-corrected chi connectivity index (χ0v) is 14.0. The first-order valence-electron chi connectivity index (χ1n) is 7.86. The van der Waals surface area contributed by atoms with Crippen LogP contribution in [0.2, 0.25) is 0 Å². The van der Waals surface area contributed by atoms with Gasteiger partial charge in [-0.25, -0.2) is 0 Å². The molecule has 126 valence electrons. The molecule has 5 heteroatoms. The van der Waals surface area contributed by atoms with Crippen molar-refractivity contribution in [2.45, 2.75) is 19.9 Å². The average Bonchev–Trinajstić information content (AvgIpc) is 2.60. The van der Waals surface area contributed by atoms with Crippen LogP contribution in [0.25, 0.3) is 6.08 Å². The largest absolute Gasteiger partial charge is 0.348 e. The molecular formula is C20H19N3O2. The van der Waals surface area contributed by atoms with Gasteiger partial charge in [0.2, 0.25) is 11.8 Å². The summed E-state index contributed by atoms with van der Waals surface area (Å²) in [4.78, 5) is 23.4. The summed E-state index contributed by atoms with van der Waals surface area (Å²) in [6.45, 7) is 2.34. The number of hydrogen-bond donors (Lipinski definition) is 2. The number of anilines is 1. The lowest BCUT2D eigenvalue weighted by atomic mass is 10.1. The monoisotopic (exact) mass is 333 g/mol. The minimum Gasteiger partial charge on any atom is -0.348 e. The quantitative estimate of drug-likeness (QED) is 0.797. The Morgan fingerprint density at radius 3 is 2.72 bits per heavy atom. The first-order valence-corrected chi connectivity index (χ1v) is 7.86. The normalized spacial score (nSPS) is 10.2. The summed E-state index contributed by atoms with van der Waals surface area (Å²) in [5.41, 5.74) is 3.56. The minimum atomic E-state index is -0.357. The van der Waals surface area contributed by atoms with Crippen LogP contribution in [0.3, 0.4) is 0 Å². The predicted octanol–water partition coefficient (Wildman–Crippen LogP) is 3.18. The Morgan fingerprint density at radius 2 is 1.96 bits per heavy atom. The van der Waals surface area contributed by atoms with E-state index in [-0.39, 0.29) is 18.2 Å². The lowest BCUT2D eigenvalue weighted by Crippen LogP contribution is -2.20. The molecule has 0 saturated carbocycles. The van der Waals surface area contributed by atoms with Crippen molar-refractivity contribution < 1.29 is 9.59 Å². The molecule has 0 spiro atoms. The third kappa shape index (κ3) is 5.96. The molecule has 0 atom stereocenters. The summed E-state index contributed by atoms with van der Waals surface area (Å²) < 4.78 is 0. The highest BCUT2D eigenvalue weighted by Gasteiger charge is 2.03. The van der Waals surface area contributed by atoms with Crippen LogP contribution in [-0.4, -0.2) is 11.8 Å². The molecule has 0 aliphatic rings. The van der Waals surface area contributed by atoms with Crippen LogP contribution in [0.1, 0.15) is 23.1 Å². The van der Waals surface area contributed by atoms with Gasteiger partial charge >= 0.3 is 0 Å². The lowest BCUT2D eigenvalue weighted by molar-refractivity contribution is -0.117. The zero-order valence-electron chi connectivity index (χ0n) is 14.0. The minimum absolute atomic E-state index is 0.190. The van der Waals surface area contributed by atoms with Gasteiger partial charge in [0.15, 0.2) is 0 Å². The first-order chi connectivity index (χ1) is 12.1. The molecule has 0 aromatic heterocycles. The molecule has 2 aromatic rings. The predicted molar refractivity (Wildman–Crippen MR) is 97.4 cm³/mol. The van der Waals surface area contributed by atoms with E-state index in [0.29, 0.717) is 12.2 Å². The van der Waals surface area contributed by atoms with Gasteiger partial charge in [-0.2, -0.15) is 5.26 Å². The van der Waals surface area contributed by atoms with Crippen molar-refractivity contribution in [3.8, 4) is 6.07 Å². The van der Waals surface area contributed by atoms with Crippen molar-refractivity contribution in [3.63, 3.8) is 0 Å². The number of benzene rings is 2. The van der Waals surface area contributed by atoms with Crippen LogP contribution in [0.15, 0.2) is 54.6 Å². The Morgan fingerprint density at radius 1 is 1.16 bits per heavy atom. The fourth-order valence-corrected chi connectivity index (χ4v) is 2.22. The van der Waals surface area contributed by atoms with E-state index in [1.807, 2.05) is 37.3 Å². The molecule has 0 aliphatic heterocycles. The van der Waals surface area contributed by atoms with Crippen molar-refractivity contribution in [1.29, 1.82) is 5.26 Å². The van der Waals surface area contributed by atoms with Crippen molar-refractivity contribution >= 4 is 23.6 Å². The molecule has 2 N–H and O–H groups in total. The second-order valence-corrected chi connectivity index (χ2v) is 5.49. The SMILES string of the molecule is Cc1ccccc1/C=C/C(=O)NCc1cccc(NC(=O)CC#N)c1. The van der Waals surface area contributed by atoms with Crippen molar-refractivity contribution in [1.82, 2.24) is 5.32 Å². The summed E-state index contributed by atoms with van der Waals surface area (Å²) in [7, 11) is 0. The van der Waals surface area contributed by atoms with E-state index in [1.54, 1.807) is 30.3 Å². The molecule has 0 radical (unpaired) electrons. The van der Waals surface area contributed by atoms with Gasteiger partial charge in [0.25, 0.3) is 0 Å². The van der Waals surface area contributed by atoms with Gasteiger partial charge in [-0.3, -0.25) is 9.59 Å². The average molecular weight is 333 g/mol. The number of nitriles is 1. The van der Waals surface area contributed by atoms with E-state index in [2.05, 4.69) is 10.6 Å². The molecule has 2 rings (SSSR count). The lowest BCUT2D eigenvalue weighted by Gasteiger charge is -2.07. The second kappa shape index (κ2) is 9.04. The number of amides is 2. The number of nitrogens with zero attached hydrogens (tertiary/aromatic N) is 1. The van der Waals surface area contributed by atoms with E-state index in [9.17, 15) is 9.59 Å². The van der Waals surface area contributed by atoms with Gasteiger partial charge in [-0.05, 0) is 41.8 Å². The van der Waals surface area contributed by atoms with Crippen LogP contribution in [0.5, 0.6) is 0 Å². The van der Waals surface area contributed by atoms with E-state index in [1.165, 1.54) is 6.08 Å². The molecule has 0 aliphatic carbocycles. The van der Waals surface area contributed by atoms with Gasteiger partial charge in [0.05, 0.1) is 6.07 Å². The maximum Gasteiger partial charge on any atom is 0.244 e. The Balaban J connectivity index is 1.90. The summed E-state index contributed by atoms with van der Waals surface area (Å²) >= 11 is 0. The van der Waals surface area contributed by atoms with Gasteiger partial charge < -0.3 is 10.6 Å². The van der Waals surface area contributed by atoms with E-state index < -0.39 is 0 Å². The van der Waals surface area contributed by atoms with Crippen molar-refractivity contribution in [2.75, 3.05) is 5.32 Å². The second-order valence-electron chi connectivity index (χ2n) is 5.49. The third-order valence-corrected chi connectivity index (χ3v) is 3.52. The Kier molecular flexibility index (Phi) is 6.49. The zero-order chi connectivity index (χ0) is 18.1. The van der Waals surface area contributed by atoms with Crippen molar-refractivity contribution in [2.24, 2.45) is 0 Å². The number of carbonyl (C=O) groups is 2. The number of nitrogens with one attached hydrogen (secondary N) is 2. The highest BCUT2D eigenvalue weighted by Crippen LogP contribution is 2.11. The van der Waals surface area contributed by atoms with Crippen LogP contribution in [0, 0.1) is 18.3 Å². The number of rotatable bonds is 6. The summed E-state index contributed by atoms with van der Waals surface area (Å²) in [5.74, 6) is -0.549. The van der Waals surface area contributed by atoms with Crippen LogP contribution in [-0.2, 0) is 16.1 Å². The van der Waals surface area contributed by atoms with Gasteiger partial charge in [0, 0.05) is 18.3 Å². The van der Waals surface area contributed by atoms with Crippen molar-refractivity contribution in [3.05, 3.63) is 71.3 Å². The van der Waals surface area contributed by atoms with Gasteiger partial charge in [-0.15, -0.1) is 0 Å². The smallest absolute Gasteiger partial charge is 0.244 e. The highest BCUT2D eigenvalue weighted by atomic mass is 16.2. The number of carbonyl (C=O) groups excluding carboxylic acids is 2. The molecule has 0 unspecified atom stereocenters. The Bertz CT molecular complexity index is 835. The Labute approximate surface area is 147 Å². The van der Waals surface area contributed by atoms with E-state index in [4.69, 9.17) is 5.26 Å². The summed E-state index contributed by atoms with van der Waals surface area (Å²) in [6.07, 6.45) is 3.09. The highest BCUT2D eigenvalue weighted by molar-refractivity contribution is 5.92. The molecular weight excluding hydrogens is 314 g/mol. The molecule has 2 aromatic carbocycles. The molecule has 2 amide bonds. The van der Waals surface area contributed by atoms with E-state index in [0.717, 1.165) is 16.7 Å². The number of aryl methyl sites for hydroxylation is 1. The molecule has 0 saturated heterocycles. The van der Waals surface area contributed by atoms with Crippen LogP contribution >= 0.6 is 0 Å². The molecule has 25 heavy (non-hydrogen) atoms. The van der Waals surface area contributed by atoms with Crippen LogP contribution in [0.4, 0.5) is 5.69 Å². The fourth-order valence-electron chi connectivity index (χ4n) is 2.22. The van der Waals surface area contributed by atoms with Crippen LogP contribution < -0.4 is 10.6 Å². The summed E-state index contributed by atoms with van der Waals surface area (Å²) in [6, 6.07) is 16.8. The topological polar surface area (TPSA) is 82.0 Å². The number of hydrogen-bond acceptors (Lipinski definition) is 3. The molecule has 0 heterocycles. The molecule has 5 nitrogen and oxygen atoms in total. The van der Waals surface area contributed by atoms with Gasteiger partial charge in [-0.1, -0.05) is 36.4 Å². The maximum absolute atomic E-state index is 11.9. The first kappa shape index (κ1) is 18.0. The standard InChI is InChI=1S/C20H19N3O2/c1-15-5-2-3-7-17(15)9-10-19(24)22-14-16-6-4-8-18(13-16)23-20(25)11-12-21/h2-10,13H,11,14H2,1H3,(H,22,24)(H,23,25)/b10-9+.